The van der Waals surface area contributed by atoms with Crippen LogP contribution in [0.1, 0.15) is 58.8 Å². The molecule has 3 N–H and O–H groups in total. The second-order valence-electron chi connectivity index (χ2n) is 9.22. The molecule has 0 aromatic heterocycles. The Morgan fingerprint density at radius 2 is 1.87 bits per heavy atom. The number of rotatable bonds is 1. The largest absolute Gasteiger partial charge is 0.395 e. The van der Waals surface area contributed by atoms with E-state index in [4.69, 9.17) is 0 Å². The normalized spacial score (nSPS) is 55.6. The molecule has 0 unspecified atom stereocenters. The molecular formula is C20H32O3. The van der Waals surface area contributed by atoms with Gasteiger partial charge in [-0.15, -0.1) is 0 Å². The molecule has 23 heavy (non-hydrogen) atoms. The Labute approximate surface area is 139 Å². The minimum Gasteiger partial charge on any atom is -0.395 e. The molecule has 3 nitrogen and oxygen atoms in total. The molecular weight excluding hydrogens is 288 g/mol. The molecule has 0 bridgehead atoms. The molecule has 0 heterocycles. The molecule has 4 aliphatic rings. The fraction of sp³-hybridized carbons (Fsp3) is 0.900. The number of hydrogen-bond acceptors (Lipinski definition) is 3. The van der Waals surface area contributed by atoms with Crippen LogP contribution in [0.4, 0.5) is 0 Å². The van der Waals surface area contributed by atoms with Gasteiger partial charge in [0.1, 0.15) is 0 Å². The zero-order valence-corrected chi connectivity index (χ0v) is 14.5. The van der Waals surface area contributed by atoms with E-state index in [1.807, 2.05) is 0 Å². The van der Waals surface area contributed by atoms with Gasteiger partial charge >= 0.3 is 0 Å². The Morgan fingerprint density at radius 3 is 2.61 bits per heavy atom. The summed E-state index contributed by atoms with van der Waals surface area (Å²) in [6.45, 7) is 4.89. The lowest BCUT2D eigenvalue weighted by Gasteiger charge is -2.60. The highest BCUT2D eigenvalue weighted by molar-refractivity contribution is 5.27. The van der Waals surface area contributed by atoms with E-state index in [0.29, 0.717) is 23.7 Å². The summed E-state index contributed by atoms with van der Waals surface area (Å²) in [6.07, 6.45) is 8.62. The fourth-order valence-electron chi connectivity index (χ4n) is 7.13. The van der Waals surface area contributed by atoms with Crippen molar-refractivity contribution in [3.8, 4) is 0 Å². The van der Waals surface area contributed by atoms with Crippen molar-refractivity contribution >= 4 is 0 Å². The third-order valence-corrected chi connectivity index (χ3v) is 8.39. The highest BCUT2D eigenvalue weighted by Crippen LogP contribution is 2.66. The molecule has 3 saturated carbocycles. The summed E-state index contributed by atoms with van der Waals surface area (Å²) in [4.78, 5) is 0. The van der Waals surface area contributed by atoms with Crippen LogP contribution in [0.2, 0.25) is 0 Å². The summed E-state index contributed by atoms with van der Waals surface area (Å²) in [5, 5.41) is 31.0. The molecule has 0 aliphatic heterocycles. The van der Waals surface area contributed by atoms with Gasteiger partial charge in [-0.2, -0.15) is 0 Å². The van der Waals surface area contributed by atoms with Crippen LogP contribution in [0.15, 0.2) is 11.6 Å². The highest BCUT2D eigenvalue weighted by atomic mass is 16.3. The molecule has 130 valence electrons. The van der Waals surface area contributed by atoms with Crippen molar-refractivity contribution in [3.63, 3.8) is 0 Å². The van der Waals surface area contributed by atoms with E-state index in [0.717, 1.165) is 44.9 Å². The van der Waals surface area contributed by atoms with E-state index in [2.05, 4.69) is 19.9 Å². The van der Waals surface area contributed by atoms with Crippen molar-refractivity contribution < 1.29 is 15.3 Å². The Kier molecular flexibility index (Phi) is 3.72. The molecule has 0 saturated heterocycles. The van der Waals surface area contributed by atoms with Gasteiger partial charge in [0.2, 0.25) is 0 Å². The van der Waals surface area contributed by atoms with Crippen LogP contribution < -0.4 is 0 Å². The van der Waals surface area contributed by atoms with Gasteiger partial charge in [-0.05, 0) is 74.0 Å². The molecule has 8 atom stereocenters. The summed E-state index contributed by atoms with van der Waals surface area (Å²) >= 11 is 0. The number of fused-ring (bicyclic) bond motifs is 5. The molecule has 3 heteroatoms. The molecule has 3 fully saturated rings. The van der Waals surface area contributed by atoms with Crippen molar-refractivity contribution in [1.29, 1.82) is 0 Å². The van der Waals surface area contributed by atoms with Crippen LogP contribution in [-0.4, -0.2) is 34.1 Å². The van der Waals surface area contributed by atoms with Crippen LogP contribution >= 0.6 is 0 Å². The van der Waals surface area contributed by atoms with Gasteiger partial charge in [0.25, 0.3) is 0 Å². The summed E-state index contributed by atoms with van der Waals surface area (Å²) < 4.78 is 0. The molecule has 0 amide bonds. The van der Waals surface area contributed by atoms with E-state index in [-0.39, 0.29) is 29.6 Å². The monoisotopic (exact) mass is 320 g/mol. The summed E-state index contributed by atoms with van der Waals surface area (Å²) in [7, 11) is 0. The van der Waals surface area contributed by atoms with Crippen molar-refractivity contribution in [3.05, 3.63) is 11.6 Å². The van der Waals surface area contributed by atoms with Gasteiger partial charge in [-0.3, -0.25) is 0 Å². The van der Waals surface area contributed by atoms with E-state index in [1.165, 1.54) is 5.57 Å². The van der Waals surface area contributed by atoms with Gasteiger partial charge in [0.05, 0.1) is 18.8 Å². The van der Waals surface area contributed by atoms with E-state index >= 15 is 0 Å². The van der Waals surface area contributed by atoms with Gasteiger partial charge in [0.15, 0.2) is 0 Å². The number of aliphatic hydroxyl groups excluding tert-OH is 3. The van der Waals surface area contributed by atoms with Gasteiger partial charge in [-0.1, -0.05) is 25.5 Å². The maximum absolute atomic E-state index is 10.6. The van der Waals surface area contributed by atoms with Gasteiger partial charge in [0, 0.05) is 5.41 Å². The van der Waals surface area contributed by atoms with E-state index < -0.39 is 0 Å². The predicted molar refractivity (Wildman–Crippen MR) is 89.7 cm³/mol. The molecule has 0 aromatic carbocycles. The van der Waals surface area contributed by atoms with E-state index in [9.17, 15) is 15.3 Å². The summed E-state index contributed by atoms with van der Waals surface area (Å²) in [6, 6.07) is 0. The smallest absolute Gasteiger partial charge is 0.0724 e. The van der Waals surface area contributed by atoms with Crippen molar-refractivity contribution in [2.24, 2.45) is 34.5 Å². The minimum absolute atomic E-state index is 0.0848. The first-order valence-corrected chi connectivity index (χ1v) is 9.60. The Balaban J connectivity index is 1.75. The molecule has 4 rings (SSSR count). The molecule has 4 aliphatic carbocycles. The quantitative estimate of drug-likeness (QED) is 0.651. The topological polar surface area (TPSA) is 60.7 Å². The second kappa shape index (κ2) is 5.31. The molecule has 0 spiro atoms. The van der Waals surface area contributed by atoms with Crippen molar-refractivity contribution in [2.45, 2.75) is 71.0 Å². The maximum Gasteiger partial charge on any atom is 0.0724 e. The van der Waals surface area contributed by atoms with Crippen molar-refractivity contribution in [1.82, 2.24) is 0 Å². The SMILES string of the molecule is C[C@@H]1CC2=C[C@@H](O)CC[C@]2(CO)[C@H]2CC[C@]3(C)[C@@H](O)CC[C@H]3[C@H]12. The standard InChI is InChI=1S/C20H32O3/c1-12-9-13-10-14(22)5-8-20(13,11-21)16-6-7-19(2)15(18(12)16)3-4-17(19)23/h10,12,14-18,21-23H,3-9,11H2,1-2H3/t12-,14+,15+,16+,17+,18+,19+,20-/m1/s1. The van der Waals surface area contributed by atoms with Crippen LogP contribution in [0.5, 0.6) is 0 Å². The van der Waals surface area contributed by atoms with Crippen LogP contribution in [0.25, 0.3) is 0 Å². The van der Waals surface area contributed by atoms with Crippen LogP contribution in [0.3, 0.4) is 0 Å². The minimum atomic E-state index is -0.324. The lowest BCUT2D eigenvalue weighted by atomic mass is 9.45. The molecule has 0 aromatic rings. The maximum atomic E-state index is 10.6. The Morgan fingerprint density at radius 1 is 1.09 bits per heavy atom. The average molecular weight is 320 g/mol. The summed E-state index contributed by atoms with van der Waals surface area (Å²) in [5.41, 5.74) is 1.32. The third-order valence-electron chi connectivity index (χ3n) is 8.39. The first-order chi connectivity index (χ1) is 10.9. The first kappa shape index (κ1) is 16.1. The van der Waals surface area contributed by atoms with Gasteiger partial charge < -0.3 is 15.3 Å². The van der Waals surface area contributed by atoms with Crippen LogP contribution in [0, 0.1) is 34.5 Å². The van der Waals surface area contributed by atoms with Crippen molar-refractivity contribution in [2.75, 3.05) is 6.61 Å². The summed E-state index contributed by atoms with van der Waals surface area (Å²) in [5.74, 6) is 2.33. The number of hydrogen-bond donors (Lipinski definition) is 3. The zero-order valence-electron chi connectivity index (χ0n) is 14.5. The molecule has 0 radical (unpaired) electrons. The van der Waals surface area contributed by atoms with Gasteiger partial charge in [-0.25, -0.2) is 0 Å². The van der Waals surface area contributed by atoms with Crippen LogP contribution in [-0.2, 0) is 0 Å². The fourth-order valence-corrected chi connectivity index (χ4v) is 7.13. The third kappa shape index (κ3) is 2.06. The Hall–Kier alpha value is -0.380. The average Bonchev–Trinajstić information content (AvgIpc) is 2.83. The second-order valence-corrected chi connectivity index (χ2v) is 9.22. The highest BCUT2D eigenvalue weighted by Gasteiger charge is 2.61. The van der Waals surface area contributed by atoms with E-state index in [1.54, 1.807) is 0 Å². The lowest BCUT2D eigenvalue weighted by Crippen LogP contribution is -2.56. The Bertz CT molecular complexity index is 515. The predicted octanol–water partition coefficient (Wildman–Crippen LogP) is 2.89. The zero-order chi connectivity index (χ0) is 16.4. The first-order valence-electron chi connectivity index (χ1n) is 9.60. The lowest BCUT2D eigenvalue weighted by molar-refractivity contribution is -0.111. The number of aliphatic hydroxyl groups is 3.